The second-order valence-electron chi connectivity index (χ2n) is 10.3. The molecule has 0 heterocycles. The third-order valence-corrected chi connectivity index (χ3v) is 7.21. The highest BCUT2D eigenvalue weighted by Gasteiger charge is 2.45. The first kappa shape index (κ1) is 23.1. The lowest BCUT2D eigenvalue weighted by Gasteiger charge is -2.42. The van der Waals surface area contributed by atoms with Gasteiger partial charge in [-0.1, -0.05) is 61.6 Å². The molecule has 3 aliphatic carbocycles. The molecule has 3 aliphatic rings. The first-order chi connectivity index (χ1) is 14.0. The lowest BCUT2D eigenvalue weighted by molar-refractivity contribution is 0.0862. The van der Waals surface area contributed by atoms with Gasteiger partial charge in [-0.05, 0) is 74.3 Å². The molecule has 5 atom stereocenters. The number of hydrogen-bond acceptors (Lipinski definition) is 3. The number of hydrogen-bond donors (Lipinski definition) is 3. The Kier molecular flexibility index (Phi) is 6.82. The van der Waals surface area contributed by atoms with E-state index in [2.05, 4.69) is 50.5 Å². The van der Waals surface area contributed by atoms with E-state index < -0.39 is 17.8 Å². The fourth-order valence-corrected chi connectivity index (χ4v) is 5.61. The molecule has 3 rings (SSSR count). The topological polar surface area (TPSA) is 60.7 Å². The fourth-order valence-electron chi connectivity index (χ4n) is 5.61. The summed E-state index contributed by atoms with van der Waals surface area (Å²) in [4.78, 5) is 0. The van der Waals surface area contributed by atoms with E-state index in [1.165, 1.54) is 24.0 Å². The molecule has 2 saturated carbocycles. The zero-order chi connectivity index (χ0) is 22.1. The van der Waals surface area contributed by atoms with Gasteiger partial charge in [-0.3, -0.25) is 0 Å². The standard InChI is InChI=1S/C27H38O3/c1-18(8-6-14-26(3,4)30)23-12-13-24-20(9-7-15-27(23,24)5)10-11-21-16-22(28)17-25(29)19(21)2/h10-12,18,22,24-25,28-30H,2,7-9,13,15-17H2,1,3-5H3/b20-10+,21-11-/t18-,22-,24+,25?,27-/m1/s1. The van der Waals surface area contributed by atoms with Crippen molar-refractivity contribution < 1.29 is 15.3 Å². The smallest absolute Gasteiger partial charge is 0.119 e. The highest BCUT2D eigenvalue weighted by Crippen LogP contribution is 2.56. The predicted molar refractivity (Wildman–Crippen MR) is 123 cm³/mol. The Labute approximate surface area is 182 Å². The average molecular weight is 411 g/mol. The highest BCUT2D eigenvalue weighted by atomic mass is 16.3. The molecule has 0 radical (unpaired) electrons. The van der Waals surface area contributed by atoms with Crippen molar-refractivity contribution in [1.82, 2.24) is 0 Å². The van der Waals surface area contributed by atoms with Crippen molar-refractivity contribution in [3.63, 3.8) is 0 Å². The van der Waals surface area contributed by atoms with Gasteiger partial charge in [0.15, 0.2) is 0 Å². The summed E-state index contributed by atoms with van der Waals surface area (Å²) in [7, 11) is 0. The number of rotatable bonds is 3. The van der Waals surface area contributed by atoms with Crippen LogP contribution < -0.4 is 0 Å². The van der Waals surface area contributed by atoms with Crippen LogP contribution in [0.15, 0.2) is 47.1 Å². The van der Waals surface area contributed by atoms with Gasteiger partial charge in [0.25, 0.3) is 0 Å². The third kappa shape index (κ3) is 4.99. The van der Waals surface area contributed by atoms with E-state index in [9.17, 15) is 15.3 Å². The average Bonchev–Trinajstić information content (AvgIpc) is 3.00. The minimum atomic E-state index is -0.936. The first-order valence-electron chi connectivity index (χ1n) is 11.4. The lowest BCUT2D eigenvalue weighted by Crippen LogP contribution is -2.32. The first-order valence-corrected chi connectivity index (χ1v) is 11.4. The van der Waals surface area contributed by atoms with E-state index in [0.29, 0.717) is 24.7 Å². The number of fused-ring (bicyclic) bond motifs is 1. The van der Waals surface area contributed by atoms with E-state index >= 15 is 0 Å². The zero-order valence-corrected chi connectivity index (χ0v) is 19.0. The molecule has 164 valence electrons. The van der Waals surface area contributed by atoms with Gasteiger partial charge in [0.2, 0.25) is 0 Å². The summed E-state index contributed by atoms with van der Waals surface area (Å²) < 4.78 is 0. The lowest BCUT2D eigenvalue weighted by atomic mass is 9.62. The third-order valence-electron chi connectivity index (χ3n) is 7.21. The Balaban J connectivity index is 1.76. The number of aliphatic hydroxyl groups is 3. The van der Waals surface area contributed by atoms with Gasteiger partial charge < -0.3 is 15.3 Å². The molecule has 0 amide bonds. The minimum absolute atomic E-state index is 0.168. The van der Waals surface area contributed by atoms with Crippen molar-refractivity contribution in [2.24, 2.45) is 17.3 Å². The van der Waals surface area contributed by atoms with Crippen LogP contribution in [0.3, 0.4) is 0 Å². The van der Waals surface area contributed by atoms with E-state index in [-0.39, 0.29) is 5.41 Å². The molecule has 0 aliphatic heterocycles. The second kappa shape index (κ2) is 8.87. The molecule has 0 spiro atoms. The Morgan fingerprint density at radius 1 is 1.33 bits per heavy atom. The van der Waals surface area contributed by atoms with Gasteiger partial charge in [0.1, 0.15) is 5.60 Å². The van der Waals surface area contributed by atoms with Crippen molar-refractivity contribution >= 4 is 0 Å². The monoisotopic (exact) mass is 410 g/mol. The Bertz CT molecular complexity index is 826. The summed E-state index contributed by atoms with van der Waals surface area (Å²) in [6.07, 6.45) is 11.9. The van der Waals surface area contributed by atoms with Crippen LogP contribution in [0.2, 0.25) is 0 Å². The van der Waals surface area contributed by atoms with E-state index in [1.54, 1.807) is 13.8 Å². The van der Waals surface area contributed by atoms with Crippen LogP contribution >= 0.6 is 0 Å². The molecule has 0 aromatic carbocycles. The molecule has 3 nitrogen and oxygen atoms in total. The molecule has 0 bridgehead atoms. The van der Waals surface area contributed by atoms with Gasteiger partial charge >= 0.3 is 0 Å². The normalized spacial score (nSPS) is 35.6. The molecule has 3 N–H and O–H groups in total. The van der Waals surface area contributed by atoms with Gasteiger partial charge in [-0.2, -0.15) is 0 Å². The maximum Gasteiger partial charge on any atom is 0.119 e. The maximum absolute atomic E-state index is 10.1. The van der Waals surface area contributed by atoms with Crippen LogP contribution in [0.4, 0.5) is 0 Å². The van der Waals surface area contributed by atoms with Crippen LogP contribution in [-0.2, 0) is 0 Å². The van der Waals surface area contributed by atoms with Crippen LogP contribution in [0.5, 0.6) is 0 Å². The molecule has 30 heavy (non-hydrogen) atoms. The van der Waals surface area contributed by atoms with E-state index in [0.717, 1.165) is 30.4 Å². The quantitative estimate of drug-likeness (QED) is 0.460. The summed E-state index contributed by atoms with van der Waals surface area (Å²) in [5.74, 6) is 7.03. The summed E-state index contributed by atoms with van der Waals surface area (Å²) in [6, 6.07) is 0. The molecule has 0 aromatic rings. The van der Waals surface area contributed by atoms with Crippen LogP contribution in [0.25, 0.3) is 0 Å². The minimum Gasteiger partial charge on any atom is -0.393 e. The summed E-state index contributed by atoms with van der Waals surface area (Å²) in [5.41, 5.74) is 3.95. The van der Waals surface area contributed by atoms with Crippen LogP contribution in [-0.4, -0.2) is 33.1 Å². The summed E-state index contributed by atoms with van der Waals surface area (Å²) in [5, 5.41) is 30.0. The van der Waals surface area contributed by atoms with Crippen molar-refractivity contribution in [1.29, 1.82) is 0 Å². The van der Waals surface area contributed by atoms with Gasteiger partial charge in [-0.25, -0.2) is 0 Å². The Morgan fingerprint density at radius 3 is 2.77 bits per heavy atom. The Hall–Kier alpha value is -1.60. The summed E-state index contributed by atoms with van der Waals surface area (Å²) in [6.45, 7) is 12.1. The number of aliphatic hydroxyl groups excluding tert-OH is 2. The maximum atomic E-state index is 10.1. The van der Waals surface area contributed by atoms with Gasteiger partial charge in [0.05, 0.1) is 12.2 Å². The van der Waals surface area contributed by atoms with E-state index in [4.69, 9.17) is 0 Å². The molecular formula is C27H38O3. The molecule has 1 unspecified atom stereocenters. The van der Waals surface area contributed by atoms with Crippen molar-refractivity contribution in [2.75, 3.05) is 0 Å². The fraction of sp³-hybridized carbons (Fsp3) is 0.630. The molecule has 0 aromatic heterocycles. The van der Waals surface area contributed by atoms with E-state index in [1.807, 2.05) is 0 Å². The molecule has 3 heteroatoms. The highest BCUT2D eigenvalue weighted by molar-refractivity contribution is 5.40. The Morgan fingerprint density at radius 2 is 2.07 bits per heavy atom. The van der Waals surface area contributed by atoms with Crippen LogP contribution in [0.1, 0.15) is 72.6 Å². The van der Waals surface area contributed by atoms with Gasteiger partial charge in [-0.15, -0.1) is 0 Å². The van der Waals surface area contributed by atoms with Gasteiger partial charge in [0, 0.05) is 12.8 Å². The van der Waals surface area contributed by atoms with Crippen LogP contribution in [0, 0.1) is 29.1 Å². The summed E-state index contributed by atoms with van der Waals surface area (Å²) >= 11 is 0. The van der Waals surface area contributed by atoms with Crippen molar-refractivity contribution in [3.8, 4) is 11.8 Å². The molecule has 0 saturated heterocycles. The largest absolute Gasteiger partial charge is 0.393 e. The zero-order valence-electron chi connectivity index (χ0n) is 19.0. The number of allylic oxidation sites excluding steroid dienone is 5. The second-order valence-corrected chi connectivity index (χ2v) is 10.3. The SMILES string of the molecule is C=C1/C(=C\C=C2/CCC[C@]3(C)C([C@H](C)CC#CC(C)(C)O)=CC[C@@H]23)C[C@@H](O)CC1O. The van der Waals surface area contributed by atoms with Crippen molar-refractivity contribution in [2.45, 2.75) is 90.4 Å². The molecular weight excluding hydrogens is 372 g/mol. The van der Waals surface area contributed by atoms with Crippen molar-refractivity contribution in [3.05, 3.63) is 47.1 Å². The molecule has 2 fully saturated rings. The predicted octanol–water partition coefficient (Wildman–Crippen LogP) is 4.85.